The Labute approximate surface area is 131 Å². The predicted molar refractivity (Wildman–Crippen MR) is 88.8 cm³/mol. The quantitative estimate of drug-likeness (QED) is 0.495. The standard InChI is InChI=1S/C18H23NO3/c1-5-6-7-11-17(21)22-12-16(20)19-18-14(4)9-8-10-15(18)13(2)3/h5-11,13H,12H2,1-4H3,(H,19,20)/b6-5+,11-7+. The molecule has 4 heteroatoms. The van der Waals surface area contributed by atoms with Gasteiger partial charge in [0.25, 0.3) is 5.91 Å². The molecule has 118 valence electrons. The van der Waals surface area contributed by atoms with Gasteiger partial charge in [-0.05, 0) is 30.9 Å². The van der Waals surface area contributed by atoms with Crippen molar-refractivity contribution in [1.82, 2.24) is 0 Å². The van der Waals surface area contributed by atoms with Gasteiger partial charge in [0.2, 0.25) is 0 Å². The number of nitrogens with one attached hydrogen (secondary N) is 1. The fourth-order valence-corrected chi connectivity index (χ4v) is 1.95. The summed E-state index contributed by atoms with van der Waals surface area (Å²) in [4.78, 5) is 23.3. The van der Waals surface area contributed by atoms with Gasteiger partial charge in [-0.3, -0.25) is 4.79 Å². The number of allylic oxidation sites excluding steroid dienone is 3. The summed E-state index contributed by atoms with van der Waals surface area (Å²) < 4.78 is 4.89. The Morgan fingerprint density at radius 1 is 1.27 bits per heavy atom. The zero-order valence-corrected chi connectivity index (χ0v) is 13.6. The summed E-state index contributed by atoms with van der Waals surface area (Å²) in [5.41, 5.74) is 2.84. The first-order valence-corrected chi connectivity index (χ1v) is 7.31. The topological polar surface area (TPSA) is 55.4 Å². The molecule has 1 rings (SSSR count). The fourth-order valence-electron chi connectivity index (χ4n) is 1.95. The number of rotatable bonds is 6. The lowest BCUT2D eigenvalue weighted by atomic mass is 9.98. The molecule has 0 fully saturated rings. The van der Waals surface area contributed by atoms with E-state index in [1.54, 1.807) is 18.2 Å². The van der Waals surface area contributed by atoms with Gasteiger partial charge in [-0.1, -0.05) is 50.3 Å². The van der Waals surface area contributed by atoms with Crippen LogP contribution >= 0.6 is 0 Å². The number of para-hydroxylation sites is 1. The molecule has 0 aliphatic rings. The molecule has 0 aromatic heterocycles. The summed E-state index contributed by atoms with van der Waals surface area (Å²) in [6, 6.07) is 5.89. The molecule has 0 atom stereocenters. The predicted octanol–water partition coefficient (Wildman–Crippen LogP) is 3.73. The number of hydrogen-bond donors (Lipinski definition) is 1. The lowest BCUT2D eigenvalue weighted by Crippen LogP contribution is -2.21. The molecule has 22 heavy (non-hydrogen) atoms. The first-order valence-electron chi connectivity index (χ1n) is 7.31. The zero-order chi connectivity index (χ0) is 16.5. The molecule has 0 spiro atoms. The van der Waals surface area contributed by atoms with Gasteiger partial charge in [-0.2, -0.15) is 0 Å². The van der Waals surface area contributed by atoms with E-state index < -0.39 is 5.97 Å². The highest BCUT2D eigenvalue weighted by atomic mass is 16.5. The summed E-state index contributed by atoms with van der Waals surface area (Å²) in [7, 11) is 0. The van der Waals surface area contributed by atoms with Crippen molar-refractivity contribution < 1.29 is 14.3 Å². The van der Waals surface area contributed by atoms with Gasteiger partial charge in [0.05, 0.1) is 0 Å². The summed E-state index contributed by atoms with van der Waals surface area (Å²) in [6.45, 7) is 7.61. The van der Waals surface area contributed by atoms with Gasteiger partial charge in [0.1, 0.15) is 0 Å². The maximum atomic E-state index is 11.9. The van der Waals surface area contributed by atoms with E-state index in [4.69, 9.17) is 4.74 Å². The maximum absolute atomic E-state index is 11.9. The van der Waals surface area contributed by atoms with Crippen LogP contribution < -0.4 is 5.32 Å². The number of anilines is 1. The van der Waals surface area contributed by atoms with Crippen LogP contribution in [0, 0.1) is 6.92 Å². The highest BCUT2D eigenvalue weighted by molar-refractivity contribution is 5.95. The van der Waals surface area contributed by atoms with Gasteiger partial charge >= 0.3 is 5.97 Å². The van der Waals surface area contributed by atoms with E-state index >= 15 is 0 Å². The van der Waals surface area contributed by atoms with E-state index in [1.807, 2.05) is 32.0 Å². The van der Waals surface area contributed by atoms with Gasteiger partial charge in [0.15, 0.2) is 6.61 Å². The van der Waals surface area contributed by atoms with Crippen LogP contribution in [0.15, 0.2) is 42.5 Å². The minimum atomic E-state index is -0.540. The molecule has 4 nitrogen and oxygen atoms in total. The molecule has 0 bridgehead atoms. The van der Waals surface area contributed by atoms with Crippen molar-refractivity contribution in [3.63, 3.8) is 0 Å². The Kier molecular flexibility index (Phi) is 7.09. The van der Waals surface area contributed by atoms with Crippen LogP contribution in [-0.4, -0.2) is 18.5 Å². The molecule has 0 heterocycles. The van der Waals surface area contributed by atoms with Crippen molar-refractivity contribution in [2.45, 2.75) is 33.6 Å². The van der Waals surface area contributed by atoms with E-state index in [-0.39, 0.29) is 12.5 Å². The van der Waals surface area contributed by atoms with Crippen molar-refractivity contribution in [3.8, 4) is 0 Å². The van der Waals surface area contributed by atoms with E-state index in [9.17, 15) is 9.59 Å². The second-order valence-electron chi connectivity index (χ2n) is 5.23. The smallest absolute Gasteiger partial charge is 0.331 e. The highest BCUT2D eigenvalue weighted by Gasteiger charge is 2.12. The number of carbonyl (C=O) groups excluding carboxylic acids is 2. The number of hydrogen-bond acceptors (Lipinski definition) is 3. The number of esters is 1. The Morgan fingerprint density at radius 3 is 2.64 bits per heavy atom. The van der Waals surface area contributed by atoms with Crippen molar-refractivity contribution in [1.29, 1.82) is 0 Å². The number of benzene rings is 1. The normalized spacial score (nSPS) is 11.3. The van der Waals surface area contributed by atoms with Crippen LogP contribution in [0.3, 0.4) is 0 Å². The molecule has 1 N–H and O–H groups in total. The Hall–Kier alpha value is -2.36. The molecular weight excluding hydrogens is 278 g/mol. The van der Waals surface area contributed by atoms with Crippen molar-refractivity contribution in [2.24, 2.45) is 0 Å². The molecule has 1 amide bonds. The van der Waals surface area contributed by atoms with Crippen LogP contribution in [0.4, 0.5) is 5.69 Å². The second kappa shape index (κ2) is 8.82. The van der Waals surface area contributed by atoms with Gasteiger partial charge in [-0.15, -0.1) is 0 Å². The van der Waals surface area contributed by atoms with E-state index in [1.165, 1.54) is 6.08 Å². The first-order chi connectivity index (χ1) is 10.5. The third-order valence-corrected chi connectivity index (χ3v) is 3.07. The molecule has 0 radical (unpaired) electrons. The molecule has 0 aliphatic heterocycles. The average Bonchev–Trinajstić information content (AvgIpc) is 2.47. The molecule has 0 aliphatic carbocycles. The maximum Gasteiger partial charge on any atom is 0.331 e. The summed E-state index contributed by atoms with van der Waals surface area (Å²) >= 11 is 0. The van der Waals surface area contributed by atoms with E-state index in [2.05, 4.69) is 19.2 Å². The van der Waals surface area contributed by atoms with Crippen LogP contribution in [-0.2, 0) is 14.3 Å². The number of aryl methyl sites for hydroxylation is 1. The van der Waals surface area contributed by atoms with E-state index in [0.29, 0.717) is 5.92 Å². The SMILES string of the molecule is C/C=C/C=C/C(=O)OCC(=O)Nc1c(C)cccc1C(C)C. The second-order valence-corrected chi connectivity index (χ2v) is 5.23. The number of ether oxygens (including phenoxy) is 1. The van der Waals surface area contributed by atoms with Gasteiger partial charge < -0.3 is 10.1 Å². The molecule has 1 aromatic rings. The molecule has 1 aromatic carbocycles. The lowest BCUT2D eigenvalue weighted by Gasteiger charge is -2.16. The minimum absolute atomic E-state index is 0.293. The minimum Gasteiger partial charge on any atom is -0.452 e. The van der Waals surface area contributed by atoms with Crippen molar-refractivity contribution in [2.75, 3.05) is 11.9 Å². The van der Waals surface area contributed by atoms with Crippen molar-refractivity contribution >= 4 is 17.6 Å². The van der Waals surface area contributed by atoms with Crippen LogP contribution in [0.5, 0.6) is 0 Å². The van der Waals surface area contributed by atoms with Crippen LogP contribution in [0.2, 0.25) is 0 Å². The van der Waals surface area contributed by atoms with Gasteiger partial charge in [-0.25, -0.2) is 4.79 Å². The van der Waals surface area contributed by atoms with Crippen LogP contribution in [0.25, 0.3) is 0 Å². The van der Waals surface area contributed by atoms with Gasteiger partial charge in [0, 0.05) is 11.8 Å². The monoisotopic (exact) mass is 301 g/mol. The third kappa shape index (κ3) is 5.56. The Bertz CT molecular complexity index is 586. The summed E-state index contributed by atoms with van der Waals surface area (Å²) in [6.07, 6.45) is 6.35. The number of amides is 1. The van der Waals surface area contributed by atoms with E-state index in [0.717, 1.165) is 16.8 Å². The molecule has 0 saturated heterocycles. The summed E-state index contributed by atoms with van der Waals surface area (Å²) in [5, 5.41) is 2.83. The third-order valence-electron chi connectivity index (χ3n) is 3.07. The largest absolute Gasteiger partial charge is 0.452 e. The zero-order valence-electron chi connectivity index (χ0n) is 13.6. The lowest BCUT2D eigenvalue weighted by molar-refractivity contribution is -0.142. The molecule has 0 unspecified atom stereocenters. The molecular formula is C18H23NO3. The Balaban J connectivity index is 2.65. The molecule has 0 saturated carbocycles. The Morgan fingerprint density at radius 2 is 2.00 bits per heavy atom. The highest BCUT2D eigenvalue weighted by Crippen LogP contribution is 2.27. The van der Waals surface area contributed by atoms with Crippen LogP contribution in [0.1, 0.15) is 37.8 Å². The average molecular weight is 301 g/mol. The first kappa shape index (κ1) is 17.7. The van der Waals surface area contributed by atoms with Crippen molar-refractivity contribution in [3.05, 3.63) is 53.6 Å². The number of carbonyl (C=O) groups is 2. The fraction of sp³-hybridized carbons (Fsp3) is 0.333. The summed E-state index contributed by atoms with van der Waals surface area (Å²) in [5.74, 6) is -0.590.